The summed E-state index contributed by atoms with van der Waals surface area (Å²) in [5.41, 5.74) is 0. The second-order valence-corrected chi connectivity index (χ2v) is 9.10. The molecule has 25 heavy (non-hydrogen) atoms. The monoisotopic (exact) mass is 382 g/mol. The average Bonchev–Trinajstić information content (AvgIpc) is 2.66. The Morgan fingerprint density at radius 1 is 0.720 bits per heavy atom. The van der Waals surface area contributed by atoms with Gasteiger partial charge >= 0.3 is 8.80 Å². The van der Waals surface area contributed by atoms with Gasteiger partial charge in [-0.15, -0.1) is 0 Å². The molecule has 0 aliphatic heterocycles. The summed E-state index contributed by atoms with van der Waals surface area (Å²) in [7, 11) is 7.47. The molecule has 0 aromatic carbocycles. The fourth-order valence-corrected chi connectivity index (χ4v) is 3.01. The van der Waals surface area contributed by atoms with Gasteiger partial charge in [-0.05, 0) is 6.42 Å². The van der Waals surface area contributed by atoms with Crippen molar-refractivity contribution >= 4 is 8.80 Å². The summed E-state index contributed by atoms with van der Waals surface area (Å²) in [5, 5.41) is 0. The van der Waals surface area contributed by atoms with Gasteiger partial charge in [0.05, 0.1) is 0 Å². The van der Waals surface area contributed by atoms with Crippen LogP contribution in [0.5, 0.6) is 0 Å². The van der Waals surface area contributed by atoms with Gasteiger partial charge in [-0.1, -0.05) is 52.4 Å². The zero-order valence-electron chi connectivity index (χ0n) is 18.0. The van der Waals surface area contributed by atoms with Crippen molar-refractivity contribution in [3.05, 3.63) is 0 Å². The molecule has 1 unspecified atom stereocenters. The third-order valence-electron chi connectivity index (χ3n) is 4.56. The molecule has 154 valence electrons. The van der Waals surface area contributed by atoms with Gasteiger partial charge in [0.1, 0.15) is 0 Å². The summed E-state index contributed by atoms with van der Waals surface area (Å²) in [6.07, 6.45) is 8.92. The molecule has 1 atom stereocenters. The minimum Gasteiger partial charge on any atom is -0.377 e. The first-order valence-electron chi connectivity index (χ1n) is 9.16. The summed E-state index contributed by atoms with van der Waals surface area (Å²) >= 11 is 0. The van der Waals surface area contributed by atoms with Crippen molar-refractivity contribution in [1.29, 1.82) is 0 Å². The second-order valence-electron chi connectivity index (χ2n) is 6.15. The highest BCUT2D eigenvalue weighted by Crippen LogP contribution is 2.27. The van der Waals surface area contributed by atoms with Gasteiger partial charge in [-0.25, -0.2) is 0 Å². The molecule has 0 bridgehead atoms. The van der Waals surface area contributed by atoms with Crippen LogP contribution >= 0.6 is 0 Å². The molecule has 0 aliphatic rings. The van der Waals surface area contributed by atoms with Crippen LogP contribution in [-0.4, -0.2) is 57.4 Å². The summed E-state index contributed by atoms with van der Waals surface area (Å²) in [5.74, 6) is -0.627. The van der Waals surface area contributed by atoms with Crippen molar-refractivity contribution in [3.63, 3.8) is 0 Å². The summed E-state index contributed by atoms with van der Waals surface area (Å²) in [6.45, 7) is 6.18. The number of methoxy groups -OCH3 is 3. The number of rotatable bonds is 14. The molecule has 7 heteroatoms. The first kappa shape index (κ1) is 27.2. The van der Waals surface area contributed by atoms with Crippen LogP contribution in [0.15, 0.2) is 0 Å². The molecule has 0 saturated heterocycles. The van der Waals surface area contributed by atoms with E-state index in [0.717, 1.165) is 6.42 Å². The van der Waals surface area contributed by atoms with Crippen LogP contribution in [0.3, 0.4) is 0 Å². The molecule has 0 heterocycles. The number of hydrogen-bond donors (Lipinski definition) is 0. The Kier molecular flexibility index (Phi) is 17.6. The van der Waals surface area contributed by atoms with Crippen LogP contribution in [0, 0.1) is 5.92 Å². The van der Waals surface area contributed by atoms with Gasteiger partial charge in [0.25, 0.3) is 5.97 Å². The van der Waals surface area contributed by atoms with Crippen LogP contribution in [0.2, 0.25) is 6.55 Å². The Morgan fingerprint density at radius 3 is 1.44 bits per heavy atom. The molecule has 0 spiro atoms. The predicted octanol–water partition coefficient (Wildman–Crippen LogP) is 4.46. The summed E-state index contributed by atoms with van der Waals surface area (Å²) in [6, 6.07) is 0. The average molecular weight is 383 g/mol. The molecule has 6 nitrogen and oxygen atoms in total. The number of ether oxygens (including phenoxy) is 3. The fraction of sp³-hybridized carbons (Fsp3) is 1.00. The molecule has 0 aliphatic carbocycles. The van der Waals surface area contributed by atoms with Crippen molar-refractivity contribution < 1.29 is 27.5 Å². The minimum atomic E-state index is -2.17. The lowest BCUT2D eigenvalue weighted by Gasteiger charge is -2.34. The van der Waals surface area contributed by atoms with Crippen LogP contribution in [0.1, 0.15) is 58.8 Å². The topological polar surface area (TPSA) is 55.4 Å². The third-order valence-corrected chi connectivity index (χ3v) is 6.78. The smallest absolute Gasteiger partial charge is 0.377 e. The molecule has 0 radical (unpaired) electrons. The summed E-state index contributed by atoms with van der Waals surface area (Å²) in [4.78, 5) is 0. The molecule has 0 N–H and O–H groups in total. The van der Waals surface area contributed by atoms with Crippen LogP contribution in [0.25, 0.3) is 0 Å². The fourth-order valence-electron chi connectivity index (χ4n) is 2.51. The third kappa shape index (κ3) is 11.3. The number of unbranched alkanes of at least 4 members (excludes halogenated alkanes) is 5. The van der Waals surface area contributed by atoms with Crippen molar-refractivity contribution in [2.45, 2.75) is 71.3 Å². The lowest BCUT2D eigenvalue weighted by atomic mass is 9.99. The van der Waals surface area contributed by atoms with E-state index in [-0.39, 0.29) is 5.92 Å². The van der Waals surface area contributed by atoms with E-state index in [1.165, 1.54) is 38.5 Å². The van der Waals surface area contributed by atoms with E-state index in [2.05, 4.69) is 13.8 Å². The Hall–Kier alpha value is -0.0231. The van der Waals surface area contributed by atoms with Crippen molar-refractivity contribution in [2.75, 3.05) is 42.7 Å². The molecular formula is C18H42O6Si. The van der Waals surface area contributed by atoms with E-state index >= 15 is 0 Å². The Balaban J connectivity index is 0. The maximum absolute atomic E-state index is 5.35. The van der Waals surface area contributed by atoms with Crippen molar-refractivity contribution in [3.8, 4) is 0 Å². The zero-order chi connectivity index (χ0) is 19.8. The molecule has 0 fully saturated rings. The summed E-state index contributed by atoms with van der Waals surface area (Å²) < 4.78 is 30.8. The van der Waals surface area contributed by atoms with Gasteiger partial charge in [0, 0.05) is 55.1 Å². The predicted molar refractivity (Wildman–Crippen MR) is 104 cm³/mol. The van der Waals surface area contributed by atoms with Crippen LogP contribution in [0.4, 0.5) is 0 Å². The molecular weight excluding hydrogens is 340 g/mol. The van der Waals surface area contributed by atoms with E-state index in [1.807, 2.05) is 6.55 Å². The Labute approximate surface area is 156 Å². The van der Waals surface area contributed by atoms with Crippen molar-refractivity contribution in [1.82, 2.24) is 0 Å². The quantitative estimate of drug-likeness (QED) is 0.251. The van der Waals surface area contributed by atoms with Crippen molar-refractivity contribution in [2.24, 2.45) is 5.92 Å². The van der Waals surface area contributed by atoms with E-state index < -0.39 is 14.8 Å². The van der Waals surface area contributed by atoms with Gasteiger partial charge in [0.15, 0.2) is 0 Å². The van der Waals surface area contributed by atoms with Gasteiger partial charge < -0.3 is 27.5 Å². The maximum atomic E-state index is 5.35. The van der Waals surface area contributed by atoms with Gasteiger partial charge in [-0.3, -0.25) is 0 Å². The van der Waals surface area contributed by atoms with E-state index in [1.54, 1.807) is 42.7 Å². The first-order chi connectivity index (χ1) is 11.8. The highest BCUT2D eigenvalue weighted by Gasteiger charge is 2.36. The normalized spacial score (nSPS) is 13.3. The van der Waals surface area contributed by atoms with Gasteiger partial charge in [-0.2, -0.15) is 0 Å². The second kappa shape index (κ2) is 16.2. The first-order valence-corrected chi connectivity index (χ1v) is 11.4. The molecule has 0 aromatic heterocycles. The molecule has 0 saturated carbocycles. The lowest BCUT2D eigenvalue weighted by molar-refractivity contribution is -0.377. The minimum absolute atomic E-state index is 0.244. The highest BCUT2D eigenvalue weighted by molar-refractivity contribution is 6.58. The van der Waals surface area contributed by atoms with E-state index in [0.29, 0.717) is 0 Å². The van der Waals surface area contributed by atoms with E-state index in [9.17, 15) is 0 Å². The van der Waals surface area contributed by atoms with E-state index in [4.69, 9.17) is 27.5 Å². The van der Waals surface area contributed by atoms with Crippen LogP contribution in [-0.2, 0) is 27.5 Å². The van der Waals surface area contributed by atoms with Gasteiger partial charge in [0.2, 0.25) is 0 Å². The Bertz CT molecular complexity index is 266. The number of hydrogen-bond acceptors (Lipinski definition) is 6. The molecule has 0 aromatic rings. The lowest BCUT2D eigenvalue weighted by Crippen LogP contribution is -2.42. The highest BCUT2D eigenvalue weighted by atomic mass is 28.4. The largest absolute Gasteiger partial charge is 0.496 e. The SMILES string of the molecule is CCCCCCCCC(C)C(OC)(OC)OC.CO[Si](C)(OC)OC. The maximum Gasteiger partial charge on any atom is 0.496 e. The zero-order valence-corrected chi connectivity index (χ0v) is 19.0. The van der Waals surface area contributed by atoms with Crippen LogP contribution < -0.4 is 0 Å². The molecule has 0 amide bonds. The Morgan fingerprint density at radius 2 is 1.12 bits per heavy atom. The molecule has 0 rings (SSSR count). The standard InChI is InChI=1S/C14H30O3.C4H12O3Si/c1-6-7-8-9-10-11-12-13(2)14(15-3,16-4)17-5;1-5-8(4,6-2)7-3/h13H,6-12H2,1-5H3;1-4H3.